The van der Waals surface area contributed by atoms with Gasteiger partial charge in [0.1, 0.15) is 11.6 Å². The molecule has 4 rings (SSSR count). The molecule has 3 aromatic rings. The minimum Gasteiger partial charge on any atom is -0.496 e. The second-order valence-electron chi connectivity index (χ2n) is 6.34. The van der Waals surface area contributed by atoms with Gasteiger partial charge in [-0.25, -0.2) is 9.37 Å². The Kier molecular flexibility index (Phi) is 4.15. The van der Waals surface area contributed by atoms with Gasteiger partial charge in [-0.1, -0.05) is 22.0 Å². The molecule has 0 N–H and O–H groups in total. The van der Waals surface area contributed by atoms with E-state index in [-0.39, 0.29) is 11.9 Å². The molecule has 25 heavy (non-hydrogen) atoms. The number of methoxy groups -OCH3 is 1. The fraction of sp³-hybridized carbons (Fsp3) is 0.316. The third-order valence-corrected chi connectivity index (χ3v) is 5.38. The second-order valence-corrected chi connectivity index (χ2v) is 7.26. The lowest BCUT2D eigenvalue weighted by molar-refractivity contribution is 0.405. The summed E-state index contributed by atoms with van der Waals surface area (Å²) in [4.78, 5) is 7.05. The van der Waals surface area contributed by atoms with E-state index in [9.17, 15) is 4.39 Å². The molecule has 1 aliphatic heterocycles. The Morgan fingerprint density at radius 3 is 2.88 bits per heavy atom. The van der Waals surface area contributed by atoms with Gasteiger partial charge in [0.05, 0.1) is 24.2 Å². The van der Waals surface area contributed by atoms with E-state index in [4.69, 9.17) is 9.72 Å². The summed E-state index contributed by atoms with van der Waals surface area (Å²) in [5.74, 6) is 1.50. The number of imidazole rings is 1. The minimum atomic E-state index is -0.241. The van der Waals surface area contributed by atoms with Gasteiger partial charge in [-0.2, -0.15) is 0 Å². The number of nitrogens with zero attached hydrogens (tertiary/aromatic N) is 3. The van der Waals surface area contributed by atoms with Crippen molar-refractivity contribution in [3.63, 3.8) is 0 Å². The van der Waals surface area contributed by atoms with E-state index >= 15 is 0 Å². The zero-order chi connectivity index (χ0) is 17.6. The van der Waals surface area contributed by atoms with Gasteiger partial charge >= 0.3 is 0 Å². The maximum atomic E-state index is 13.6. The van der Waals surface area contributed by atoms with Crippen molar-refractivity contribution in [1.82, 2.24) is 9.55 Å². The molecule has 0 bridgehead atoms. The molecular weight excluding hydrogens is 385 g/mol. The van der Waals surface area contributed by atoms with E-state index < -0.39 is 0 Å². The van der Waals surface area contributed by atoms with E-state index in [2.05, 4.69) is 26.9 Å². The first-order valence-electron chi connectivity index (χ1n) is 8.30. The van der Waals surface area contributed by atoms with Crippen LogP contribution in [0.25, 0.3) is 11.0 Å². The maximum Gasteiger partial charge on any atom is 0.206 e. The van der Waals surface area contributed by atoms with Gasteiger partial charge in [0.25, 0.3) is 0 Å². The van der Waals surface area contributed by atoms with Crippen LogP contribution in [0.4, 0.5) is 10.3 Å². The fourth-order valence-corrected chi connectivity index (χ4v) is 4.04. The molecule has 0 radical (unpaired) electrons. The average molecular weight is 404 g/mol. The Morgan fingerprint density at radius 1 is 1.24 bits per heavy atom. The van der Waals surface area contributed by atoms with E-state index in [1.165, 1.54) is 12.1 Å². The van der Waals surface area contributed by atoms with Crippen molar-refractivity contribution in [3.05, 3.63) is 52.3 Å². The van der Waals surface area contributed by atoms with Crippen molar-refractivity contribution in [3.8, 4) is 5.75 Å². The maximum absolute atomic E-state index is 13.6. The summed E-state index contributed by atoms with van der Waals surface area (Å²) in [7, 11) is 3.64. The van der Waals surface area contributed by atoms with Crippen LogP contribution < -0.4 is 9.64 Å². The Bertz CT molecular complexity index is 940. The predicted octanol–water partition coefficient (Wildman–Crippen LogP) is 4.83. The molecule has 130 valence electrons. The third-order valence-electron chi connectivity index (χ3n) is 4.88. The highest BCUT2D eigenvalue weighted by molar-refractivity contribution is 9.10. The number of rotatable bonds is 3. The molecule has 0 aliphatic carbocycles. The summed E-state index contributed by atoms with van der Waals surface area (Å²) < 4.78 is 22.2. The first-order chi connectivity index (χ1) is 12.1. The number of hydrogen-bond donors (Lipinski definition) is 0. The van der Waals surface area contributed by atoms with Crippen molar-refractivity contribution in [2.45, 2.75) is 18.9 Å². The highest BCUT2D eigenvalue weighted by Crippen LogP contribution is 2.41. The van der Waals surface area contributed by atoms with Crippen LogP contribution in [0.15, 0.2) is 40.9 Å². The van der Waals surface area contributed by atoms with E-state index in [1.54, 1.807) is 13.2 Å². The van der Waals surface area contributed by atoms with Crippen LogP contribution in [0.2, 0.25) is 0 Å². The summed E-state index contributed by atoms with van der Waals surface area (Å²) in [5.41, 5.74) is 2.78. The van der Waals surface area contributed by atoms with E-state index in [1.807, 2.05) is 23.7 Å². The van der Waals surface area contributed by atoms with Crippen LogP contribution in [0.1, 0.15) is 24.4 Å². The van der Waals surface area contributed by atoms with Gasteiger partial charge in [-0.3, -0.25) is 0 Å². The molecule has 1 atom stereocenters. The molecule has 1 saturated heterocycles. The van der Waals surface area contributed by atoms with Gasteiger partial charge in [-0.05, 0) is 43.2 Å². The Labute approximate surface area is 154 Å². The molecule has 1 aliphatic rings. The van der Waals surface area contributed by atoms with Crippen molar-refractivity contribution >= 4 is 32.9 Å². The van der Waals surface area contributed by atoms with Gasteiger partial charge < -0.3 is 14.2 Å². The second kappa shape index (κ2) is 6.33. The van der Waals surface area contributed by atoms with Crippen LogP contribution in [0.5, 0.6) is 5.75 Å². The topological polar surface area (TPSA) is 30.3 Å². The Hall–Kier alpha value is -2.08. The summed E-state index contributed by atoms with van der Waals surface area (Å²) in [6, 6.07) is 11.1. The zero-order valence-electron chi connectivity index (χ0n) is 14.2. The van der Waals surface area contributed by atoms with Gasteiger partial charge in [0, 0.05) is 23.6 Å². The third kappa shape index (κ3) is 2.78. The Morgan fingerprint density at radius 2 is 2.08 bits per heavy atom. The number of anilines is 1. The van der Waals surface area contributed by atoms with Gasteiger partial charge in [0.2, 0.25) is 5.95 Å². The van der Waals surface area contributed by atoms with Crippen LogP contribution in [-0.4, -0.2) is 23.2 Å². The summed E-state index contributed by atoms with van der Waals surface area (Å²) in [6.45, 7) is 0.920. The lowest BCUT2D eigenvalue weighted by Crippen LogP contribution is -2.25. The molecule has 0 spiro atoms. The molecule has 1 aromatic heterocycles. The smallest absolute Gasteiger partial charge is 0.206 e. The summed E-state index contributed by atoms with van der Waals surface area (Å²) >= 11 is 3.50. The largest absolute Gasteiger partial charge is 0.496 e. The fourth-order valence-electron chi connectivity index (χ4n) is 3.70. The summed E-state index contributed by atoms with van der Waals surface area (Å²) in [5, 5.41) is 0. The monoisotopic (exact) mass is 403 g/mol. The predicted molar refractivity (Wildman–Crippen MR) is 101 cm³/mol. The van der Waals surface area contributed by atoms with Crippen LogP contribution >= 0.6 is 15.9 Å². The number of benzene rings is 2. The quantitative estimate of drug-likeness (QED) is 0.627. The zero-order valence-corrected chi connectivity index (χ0v) is 15.8. The molecule has 2 aromatic carbocycles. The van der Waals surface area contributed by atoms with Crippen molar-refractivity contribution < 1.29 is 9.13 Å². The molecule has 4 nitrogen and oxygen atoms in total. The first kappa shape index (κ1) is 16.4. The van der Waals surface area contributed by atoms with Crippen LogP contribution in [-0.2, 0) is 7.05 Å². The van der Waals surface area contributed by atoms with Crippen molar-refractivity contribution in [2.24, 2.45) is 7.05 Å². The molecule has 1 unspecified atom stereocenters. The van der Waals surface area contributed by atoms with Gasteiger partial charge in [-0.15, -0.1) is 0 Å². The number of fused-ring (bicyclic) bond motifs is 1. The lowest BCUT2D eigenvalue weighted by atomic mass is 10.0. The number of aryl methyl sites for hydroxylation is 1. The number of halogens is 2. The highest BCUT2D eigenvalue weighted by Gasteiger charge is 2.31. The van der Waals surface area contributed by atoms with Gasteiger partial charge in [0.15, 0.2) is 0 Å². The van der Waals surface area contributed by atoms with E-state index in [0.29, 0.717) is 0 Å². The molecule has 6 heteroatoms. The van der Waals surface area contributed by atoms with Crippen molar-refractivity contribution in [2.75, 3.05) is 18.6 Å². The number of ether oxygens (including phenoxy) is 1. The number of aromatic nitrogens is 2. The lowest BCUT2D eigenvalue weighted by Gasteiger charge is -2.27. The molecule has 0 saturated carbocycles. The average Bonchev–Trinajstić information content (AvgIpc) is 3.20. The minimum absolute atomic E-state index is 0.198. The highest BCUT2D eigenvalue weighted by atomic mass is 79.9. The molecule has 2 heterocycles. The molecule has 1 fully saturated rings. The van der Waals surface area contributed by atoms with Crippen LogP contribution in [0.3, 0.4) is 0 Å². The number of hydrogen-bond acceptors (Lipinski definition) is 3. The standard InChI is InChI=1S/C19H19BrFN3O/c1-23-17-11-13(21)6-8-15(17)22-19(23)24-9-3-4-16(24)14-7-5-12(20)10-18(14)25-2/h5-8,10-11,16H,3-4,9H2,1-2H3. The molecule has 0 amide bonds. The Balaban J connectivity index is 1.79. The van der Waals surface area contributed by atoms with Crippen molar-refractivity contribution in [1.29, 1.82) is 0 Å². The molecular formula is C19H19BrFN3O. The first-order valence-corrected chi connectivity index (χ1v) is 9.10. The SMILES string of the molecule is COc1cc(Br)ccc1C1CCCN1c1nc2ccc(F)cc2n1C. The summed E-state index contributed by atoms with van der Waals surface area (Å²) in [6.07, 6.45) is 2.12. The van der Waals surface area contributed by atoms with Crippen LogP contribution in [0, 0.1) is 5.82 Å². The normalized spacial score (nSPS) is 17.4. The van der Waals surface area contributed by atoms with E-state index in [0.717, 1.165) is 52.2 Å².